The average Bonchev–Trinajstić information content (AvgIpc) is 2.70. The zero-order valence-electron chi connectivity index (χ0n) is 15.1. The fourth-order valence-corrected chi connectivity index (χ4v) is 2.75. The van der Waals surface area contributed by atoms with E-state index in [-0.39, 0.29) is 5.91 Å². The van der Waals surface area contributed by atoms with Crippen molar-refractivity contribution in [2.75, 3.05) is 5.32 Å². The van der Waals surface area contributed by atoms with Gasteiger partial charge in [0, 0.05) is 6.42 Å². The number of benzene rings is 3. The fourth-order valence-electron chi connectivity index (χ4n) is 2.75. The van der Waals surface area contributed by atoms with Crippen molar-refractivity contribution in [1.29, 1.82) is 5.26 Å². The standard InChI is InChI=1S/C23H20N2O2/c1-17(23(26)25-21-13-7-5-12-20(21)16-24)27-22-14-8-6-11-19(22)15-18-9-3-2-4-10-18/h2-14,17H,15H2,1H3,(H,25,26)/t17-/m1/s1. The van der Waals surface area contributed by atoms with Gasteiger partial charge in [-0.15, -0.1) is 0 Å². The molecule has 0 fully saturated rings. The number of nitriles is 1. The highest BCUT2D eigenvalue weighted by atomic mass is 16.5. The van der Waals surface area contributed by atoms with Crippen LogP contribution in [0.4, 0.5) is 5.69 Å². The summed E-state index contributed by atoms with van der Waals surface area (Å²) in [6.07, 6.45) is 0.0245. The summed E-state index contributed by atoms with van der Waals surface area (Å²) in [7, 11) is 0. The SMILES string of the molecule is C[C@@H](Oc1ccccc1Cc1ccccc1)C(=O)Nc1ccccc1C#N. The lowest BCUT2D eigenvalue weighted by molar-refractivity contribution is -0.122. The minimum atomic E-state index is -0.700. The molecule has 0 heterocycles. The molecule has 1 N–H and O–H groups in total. The molecule has 134 valence electrons. The van der Waals surface area contributed by atoms with Crippen molar-refractivity contribution in [2.45, 2.75) is 19.4 Å². The second-order valence-corrected chi connectivity index (χ2v) is 6.18. The molecule has 4 nitrogen and oxygen atoms in total. The Morgan fingerprint density at radius 2 is 1.67 bits per heavy atom. The van der Waals surface area contributed by atoms with Crippen LogP contribution in [0.5, 0.6) is 5.75 Å². The molecule has 1 atom stereocenters. The first kappa shape index (κ1) is 18.2. The maximum Gasteiger partial charge on any atom is 0.265 e. The van der Waals surface area contributed by atoms with Crippen LogP contribution in [0, 0.1) is 11.3 Å². The smallest absolute Gasteiger partial charge is 0.265 e. The number of hydrogen-bond donors (Lipinski definition) is 1. The molecule has 0 aliphatic heterocycles. The molecule has 4 heteroatoms. The van der Waals surface area contributed by atoms with Crippen LogP contribution < -0.4 is 10.1 Å². The predicted molar refractivity (Wildman–Crippen MR) is 106 cm³/mol. The Kier molecular flexibility index (Phi) is 5.86. The molecule has 27 heavy (non-hydrogen) atoms. The first-order chi connectivity index (χ1) is 13.2. The van der Waals surface area contributed by atoms with Crippen molar-refractivity contribution in [3.63, 3.8) is 0 Å². The topological polar surface area (TPSA) is 62.1 Å². The molecule has 0 aromatic heterocycles. The van der Waals surface area contributed by atoms with Crippen molar-refractivity contribution >= 4 is 11.6 Å². The number of nitrogens with zero attached hydrogens (tertiary/aromatic N) is 1. The number of ether oxygens (including phenoxy) is 1. The summed E-state index contributed by atoms with van der Waals surface area (Å²) >= 11 is 0. The van der Waals surface area contributed by atoms with Gasteiger partial charge in [-0.25, -0.2) is 0 Å². The molecular formula is C23H20N2O2. The van der Waals surface area contributed by atoms with Gasteiger partial charge in [-0.2, -0.15) is 5.26 Å². The molecule has 0 saturated heterocycles. The lowest BCUT2D eigenvalue weighted by Crippen LogP contribution is -2.30. The predicted octanol–water partition coefficient (Wildman–Crippen LogP) is 4.56. The minimum absolute atomic E-state index is 0.299. The molecule has 0 aliphatic rings. The van der Waals surface area contributed by atoms with Crippen LogP contribution in [-0.4, -0.2) is 12.0 Å². The third kappa shape index (κ3) is 4.74. The van der Waals surface area contributed by atoms with Crippen LogP contribution >= 0.6 is 0 Å². The van der Waals surface area contributed by atoms with E-state index in [1.165, 1.54) is 5.56 Å². The van der Waals surface area contributed by atoms with Gasteiger partial charge in [0.1, 0.15) is 11.8 Å². The van der Waals surface area contributed by atoms with Crippen LogP contribution in [0.15, 0.2) is 78.9 Å². The Morgan fingerprint density at radius 3 is 2.44 bits per heavy atom. The van der Waals surface area contributed by atoms with E-state index >= 15 is 0 Å². The average molecular weight is 356 g/mol. The van der Waals surface area contributed by atoms with Gasteiger partial charge in [-0.1, -0.05) is 60.7 Å². The van der Waals surface area contributed by atoms with E-state index in [1.807, 2.05) is 42.5 Å². The normalized spacial score (nSPS) is 11.3. The zero-order chi connectivity index (χ0) is 19.1. The molecule has 0 bridgehead atoms. The third-order valence-electron chi connectivity index (χ3n) is 4.19. The minimum Gasteiger partial charge on any atom is -0.481 e. The zero-order valence-corrected chi connectivity index (χ0v) is 15.1. The molecule has 0 spiro atoms. The van der Waals surface area contributed by atoms with Crippen molar-refractivity contribution in [1.82, 2.24) is 0 Å². The number of nitrogens with one attached hydrogen (secondary N) is 1. The Hall–Kier alpha value is -3.58. The van der Waals surface area contributed by atoms with Gasteiger partial charge in [-0.05, 0) is 36.2 Å². The van der Waals surface area contributed by atoms with Crippen molar-refractivity contribution < 1.29 is 9.53 Å². The molecule has 0 aliphatic carbocycles. The third-order valence-corrected chi connectivity index (χ3v) is 4.19. The van der Waals surface area contributed by atoms with Crippen LogP contribution in [0.3, 0.4) is 0 Å². The Morgan fingerprint density at radius 1 is 1.00 bits per heavy atom. The van der Waals surface area contributed by atoms with Crippen molar-refractivity contribution in [2.24, 2.45) is 0 Å². The van der Waals surface area contributed by atoms with E-state index in [0.29, 0.717) is 17.0 Å². The van der Waals surface area contributed by atoms with Crippen molar-refractivity contribution in [3.05, 3.63) is 95.6 Å². The number of anilines is 1. The summed E-state index contributed by atoms with van der Waals surface area (Å²) in [5.74, 6) is 0.379. The highest BCUT2D eigenvalue weighted by Gasteiger charge is 2.17. The van der Waals surface area contributed by atoms with Gasteiger partial charge in [0.25, 0.3) is 5.91 Å². The van der Waals surface area contributed by atoms with Gasteiger partial charge >= 0.3 is 0 Å². The molecule has 3 aromatic rings. The highest BCUT2D eigenvalue weighted by molar-refractivity contribution is 5.95. The lowest BCUT2D eigenvalue weighted by Gasteiger charge is -2.17. The summed E-state index contributed by atoms with van der Waals surface area (Å²) in [5.41, 5.74) is 3.09. The Labute approximate surface area is 159 Å². The molecule has 3 rings (SSSR count). The van der Waals surface area contributed by atoms with E-state index in [4.69, 9.17) is 10.00 Å². The number of carbonyl (C=O) groups is 1. The highest BCUT2D eigenvalue weighted by Crippen LogP contribution is 2.23. The quantitative estimate of drug-likeness (QED) is 0.704. The Balaban J connectivity index is 1.71. The van der Waals surface area contributed by atoms with Crippen LogP contribution in [0.1, 0.15) is 23.6 Å². The van der Waals surface area contributed by atoms with E-state index in [2.05, 4.69) is 23.5 Å². The van der Waals surface area contributed by atoms with Gasteiger partial charge in [0.15, 0.2) is 6.10 Å². The molecule has 3 aromatic carbocycles. The van der Waals surface area contributed by atoms with Crippen LogP contribution in [-0.2, 0) is 11.2 Å². The van der Waals surface area contributed by atoms with E-state index < -0.39 is 6.10 Å². The first-order valence-corrected chi connectivity index (χ1v) is 8.76. The summed E-state index contributed by atoms with van der Waals surface area (Å²) < 4.78 is 5.93. The summed E-state index contributed by atoms with van der Waals surface area (Å²) in [6.45, 7) is 1.70. The fraction of sp³-hybridized carbons (Fsp3) is 0.130. The molecule has 0 saturated carbocycles. The number of rotatable bonds is 6. The van der Waals surface area contributed by atoms with Gasteiger partial charge < -0.3 is 10.1 Å². The maximum atomic E-state index is 12.5. The maximum absolute atomic E-state index is 12.5. The molecule has 1 amide bonds. The van der Waals surface area contributed by atoms with Gasteiger partial charge in [-0.3, -0.25) is 4.79 Å². The van der Waals surface area contributed by atoms with Crippen LogP contribution in [0.25, 0.3) is 0 Å². The van der Waals surface area contributed by atoms with Crippen molar-refractivity contribution in [3.8, 4) is 11.8 Å². The summed E-state index contributed by atoms with van der Waals surface area (Å²) in [4.78, 5) is 12.5. The van der Waals surface area contributed by atoms with Gasteiger partial charge in [0.05, 0.1) is 11.3 Å². The second kappa shape index (κ2) is 8.68. The lowest BCUT2D eigenvalue weighted by atomic mass is 10.0. The Bertz CT molecular complexity index is 961. The number of carbonyl (C=O) groups excluding carboxylic acids is 1. The van der Waals surface area contributed by atoms with E-state index in [1.54, 1.807) is 31.2 Å². The molecule has 0 unspecified atom stereocenters. The van der Waals surface area contributed by atoms with E-state index in [9.17, 15) is 4.79 Å². The van der Waals surface area contributed by atoms with Crippen LogP contribution in [0.2, 0.25) is 0 Å². The first-order valence-electron chi connectivity index (χ1n) is 8.76. The number of amides is 1. The molecular weight excluding hydrogens is 336 g/mol. The largest absolute Gasteiger partial charge is 0.481 e. The van der Waals surface area contributed by atoms with E-state index in [0.717, 1.165) is 12.0 Å². The number of para-hydroxylation sites is 2. The number of hydrogen-bond acceptors (Lipinski definition) is 3. The monoisotopic (exact) mass is 356 g/mol. The second-order valence-electron chi connectivity index (χ2n) is 6.18. The van der Waals surface area contributed by atoms with Gasteiger partial charge in [0.2, 0.25) is 0 Å². The summed E-state index contributed by atoms with van der Waals surface area (Å²) in [6, 6.07) is 26.8. The molecule has 0 radical (unpaired) electrons. The summed E-state index contributed by atoms with van der Waals surface area (Å²) in [5, 5.41) is 11.9.